The molecule has 4 amide bonds. The van der Waals surface area contributed by atoms with Gasteiger partial charge in [0.05, 0.1) is 6.67 Å². The van der Waals surface area contributed by atoms with Crippen LogP contribution in [0.1, 0.15) is 17.1 Å². The number of H-pyrrole nitrogens is 3. The molecule has 0 saturated carbocycles. The maximum Gasteiger partial charge on any atom is 0.321 e. The Morgan fingerprint density at radius 3 is 1.52 bits per heavy atom. The Hall–Kier alpha value is -5.10. The molecule has 0 fully saturated rings. The summed E-state index contributed by atoms with van der Waals surface area (Å²) in [6.07, 6.45) is 0. The quantitative estimate of drug-likeness (QED) is 0.0800. The average molecular weight is 586 g/mol. The number of nitrogens with zero attached hydrogens (tertiary/aromatic N) is 4. The largest absolute Gasteiger partial charge is 0.343 e. The number of aromatic amines is 3. The second-order valence-corrected chi connectivity index (χ2v) is 9.16. The molecule has 0 saturated heterocycles. The van der Waals surface area contributed by atoms with Gasteiger partial charge in [-0.1, -0.05) is 0 Å². The van der Waals surface area contributed by atoms with Gasteiger partial charge in [0.1, 0.15) is 0 Å². The van der Waals surface area contributed by atoms with Gasteiger partial charge in [0.15, 0.2) is 0 Å². The second-order valence-electron chi connectivity index (χ2n) is 9.16. The van der Waals surface area contributed by atoms with Gasteiger partial charge >= 0.3 is 12.1 Å². The zero-order valence-electron chi connectivity index (χ0n) is 23.5. The molecule has 0 radical (unpaired) electrons. The minimum absolute atomic E-state index is 0.0372. The van der Waals surface area contributed by atoms with Crippen LogP contribution in [0.25, 0.3) is 0 Å². The molecule has 0 aromatic carbocycles. The number of rotatable bonds is 14. The van der Waals surface area contributed by atoms with Crippen LogP contribution in [-0.2, 0) is 0 Å². The zero-order valence-corrected chi connectivity index (χ0v) is 23.5. The number of amides is 4. The molecule has 0 atom stereocenters. The van der Waals surface area contributed by atoms with E-state index in [1.54, 1.807) is 20.8 Å². The van der Waals surface area contributed by atoms with Gasteiger partial charge in [0, 0.05) is 74.5 Å². The first-order chi connectivity index (χ1) is 20.0. The van der Waals surface area contributed by atoms with Crippen molar-refractivity contribution < 1.29 is 9.59 Å². The summed E-state index contributed by atoms with van der Waals surface area (Å²) >= 11 is 0. The highest BCUT2D eigenvalue weighted by Crippen LogP contribution is 1.97. The highest BCUT2D eigenvalue weighted by atomic mass is 16.2. The first-order valence-electron chi connectivity index (χ1n) is 13.1. The minimum Gasteiger partial charge on any atom is -0.343 e. The number of urea groups is 2. The molecule has 3 heterocycles. The summed E-state index contributed by atoms with van der Waals surface area (Å²) in [6.45, 7) is 7.81. The molecule has 18 heteroatoms. The SMILES string of the molecule is Cc1cc(=O)[nH]c(NCNCCN(CCNC(=O)Nc2nc(C)cc(=O)[nH]2)CCNC(=O)Nc2nc(C)cc(=O)[nH]2)n1. The summed E-state index contributed by atoms with van der Waals surface area (Å²) in [4.78, 5) is 81.1. The van der Waals surface area contributed by atoms with Crippen LogP contribution in [0.4, 0.5) is 27.4 Å². The summed E-state index contributed by atoms with van der Waals surface area (Å²) in [5.74, 6) is 0.425. The summed E-state index contributed by atoms with van der Waals surface area (Å²) in [7, 11) is 0. The Bertz CT molecular complexity index is 1450. The van der Waals surface area contributed by atoms with E-state index in [1.807, 2.05) is 4.90 Å². The summed E-state index contributed by atoms with van der Waals surface area (Å²) in [6, 6.07) is 2.94. The van der Waals surface area contributed by atoms with E-state index in [4.69, 9.17) is 0 Å². The normalized spacial score (nSPS) is 10.8. The number of carbonyl (C=O) groups is 2. The molecule has 0 aliphatic rings. The molecule has 3 aromatic heterocycles. The molecule has 226 valence electrons. The minimum atomic E-state index is -0.539. The third kappa shape index (κ3) is 11.6. The van der Waals surface area contributed by atoms with Gasteiger partial charge in [-0.2, -0.15) is 0 Å². The molecule has 0 spiro atoms. The molecule has 3 aromatic rings. The second kappa shape index (κ2) is 15.6. The Kier molecular flexibility index (Phi) is 11.7. The fourth-order valence-electron chi connectivity index (χ4n) is 3.71. The monoisotopic (exact) mass is 585 g/mol. The molecular weight excluding hydrogens is 550 g/mol. The van der Waals surface area contributed by atoms with E-state index in [9.17, 15) is 24.0 Å². The lowest BCUT2D eigenvalue weighted by Gasteiger charge is -2.23. The predicted molar refractivity (Wildman–Crippen MR) is 156 cm³/mol. The fraction of sp³-hybridized carbons (Fsp3) is 0.417. The summed E-state index contributed by atoms with van der Waals surface area (Å²) in [5, 5.41) is 16.6. The van der Waals surface area contributed by atoms with E-state index in [0.29, 0.717) is 55.9 Å². The van der Waals surface area contributed by atoms with Gasteiger partial charge in [-0.05, 0) is 20.8 Å². The van der Waals surface area contributed by atoms with Crippen molar-refractivity contribution in [1.82, 2.24) is 50.8 Å². The molecule has 18 nitrogen and oxygen atoms in total. The average Bonchev–Trinajstić information content (AvgIpc) is 2.86. The Morgan fingerprint density at radius 1 is 0.667 bits per heavy atom. The van der Waals surface area contributed by atoms with Crippen molar-refractivity contribution in [2.45, 2.75) is 20.8 Å². The van der Waals surface area contributed by atoms with Crippen LogP contribution in [0.5, 0.6) is 0 Å². The Balaban J connectivity index is 1.47. The van der Waals surface area contributed by atoms with Crippen molar-refractivity contribution in [2.75, 3.05) is 61.9 Å². The van der Waals surface area contributed by atoms with Crippen molar-refractivity contribution in [2.24, 2.45) is 0 Å². The number of carbonyl (C=O) groups excluding carboxylic acids is 2. The molecule has 9 N–H and O–H groups in total. The van der Waals surface area contributed by atoms with Crippen molar-refractivity contribution in [1.29, 1.82) is 0 Å². The summed E-state index contributed by atoms with van der Waals surface area (Å²) in [5.41, 5.74) is 0.515. The Labute approximate surface area is 239 Å². The van der Waals surface area contributed by atoms with Gasteiger partial charge in [0.2, 0.25) is 17.8 Å². The van der Waals surface area contributed by atoms with Crippen LogP contribution in [0.3, 0.4) is 0 Å². The molecule has 0 unspecified atom stereocenters. The van der Waals surface area contributed by atoms with E-state index >= 15 is 0 Å². The number of hydrogen-bond acceptors (Lipinski definition) is 11. The van der Waals surface area contributed by atoms with Crippen LogP contribution in [0.2, 0.25) is 0 Å². The van der Waals surface area contributed by atoms with Gasteiger partial charge in [-0.15, -0.1) is 0 Å². The van der Waals surface area contributed by atoms with Crippen molar-refractivity contribution in [3.63, 3.8) is 0 Å². The molecular formula is C24H35N13O5. The van der Waals surface area contributed by atoms with Gasteiger partial charge in [-0.3, -0.25) is 50.2 Å². The number of hydrogen-bond donors (Lipinski definition) is 9. The lowest BCUT2D eigenvalue weighted by molar-refractivity contribution is 0.240. The topological polar surface area (TPSA) is 247 Å². The van der Waals surface area contributed by atoms with E-state index in [1.165, 1.54) is 18.2 Å². The smallest absolute Gasteiger partial charge is 0.321 e. The number of nitrogens with one attached hydrogen (secondary N) is 9. The molecule has 0 aliphatic carbocycles. The predicted octanol–water partition coefficient (Wildman–Crippen LogP) is -1.23. The van der Waals surface area contributed by atoms with E-state index in [2.05, 4.69) is 61.8 Å². The lowest BCUT2D eigenvalue weighted by atomic mass is 10.4. The van der Waals surface area contributed by atoms with Crippen molar-refractivity contribution >= 4 is 29.9 Å². The summed E-state index contributed by atoms with van der Waals surface area (Å²) < 4.78 is 0. The highest BCUT2D eigenvalue weighted by Gasteiger charge is 2.10. The highest BCUT2D eigenvalue weighted by molar-refractivity contribution is 5.87. The van der Waals surface area contributed by atoms with Crippen LogP contribution in [0, 0.1) is 20.8 Å². The van der Waals surface area contributed by atoms with Crippen molar-refractivity contribution in [3.05, 3.63) is 66.3 Å². The molecule has 0 bridgehead atoms. The first-order valence-corrected chi connectivity index (χ1v) is 13.1. The lowest BCUT2D eigenvalue weighted by Crippen LogP contribution is -2.44. The van der Waals surface area contributed by atoms with Crippen LogP contribution < -0.4 is 48.6 Å². The first kappa shape index (κ1) is 31.4. The maximum atomic E-state index is 12.3. The van der Waals surface area contributed by atoms with E-state index in [0.717, 1.165) is 0 Å². The standard InChI is InChI=1S/C24H35N13O5/c1-14-10-17(38)32-20(29-14)28-13-25-4-7-37(8-5-26-23(41)35-21-30-15(2)11-18(39)33-21)9-6-27-24(42)36-22-31-16(3)12-19(40)34-22/h10-12,25H,4-9,13H2,1-3H3,(H2,28,29,32,38)(H3,26,30,33,35,39,41)(H3,27,31,34,36,40,42). The molecule has 42 heavy (non-hydrogen) atoms. The number of aromatic nitrogens is 6. The van der Waals surface area contributed by atoms with Gasteiger partial charge in [-0.25, -0.2) is 24.5 Å². The molecule has 3 rings (SSSR count). The van der Waals surface area contributed by atoms with Gasteiger partial charge in [0.25, 0.3) is 16.7 Å². The van der Waals surface area contributed by atoms with Gasteiger partial charge < -0.3 is 16.0 Å². The van der Waals surface area contributed by atoms with E-state index in [-0.39, 0.29) is 41.7 Å². The fourth-order valence-corrected chi connectivity index (χ4v) is 3.71. The van der Waals surface area contributed by atoms with Crippen LogP contribution in [-0.4, -0.2) is 92.8 Å². The zero-order chi connectivity index (χ0) is 30.5. The van der Waals surface area contributed by atoms with E-state index < -0.39 is 12.1 Å². The molecule has 0 aliphatic heterocycles. The Morgan fingerprint density at radius 2 is 1.07 bits per heavy atom. The van der Waals surface area contributed by atoms with Crippen molar-refractivity contribution in [3.8, 4) is 0 Å². The number of anilines is 3. The third-order valence-corrected chi connectivity index (χ3v) is 5.49. The third-order valence-electron chi connectivity index (χ3n) is 5.49. The number of aryl methyl sites for hydroxylation is 3. The maximum absolute atomic E-state index is 12.3. The van der Waals surface area contributed by atoms with Crippen LogP contribution in [0.15, 0.2) is 32.6 Å². The van der Waals surface area contributed by atoms with Crippen LogP contribution >= 0.6 is 0 Å².